The number of carbonyl (C=O) groups excluding carboxylic acids is 4. The fraction of sp³-hybridized carbons (Fsp3) is 0.415. The Balaban J connectivity index is 0.000000300. The fourth-order valence-electron chi connectivity index (χ4n) is 6.30. The van der Waals surface area contributed by atoms with E-state index in [-0.39, 0.29) is 32.0 Å². The molecular formula is C41H51Cl2N3O10. The second-order valence-corrected chi connectivity index (χ2v) is 13.2. The second kappa shape index (κ2) is 22.8. The first-order chi connectivity index (χ1) is 26.9. The molecular weight excluding hydrogens is 765 g/mol. The predicted molar refractivity (Wildman–Crippen MR) is 212 cm³/mol. The van der Waals surface area contributed by atoms with Gasteiger partial charge in [0.05, 0.1) is 92.8 Å². The van der Waals surface area contributed by atoms with Gasteiger partial charge in [-0.1, -0.05) is 66.5 Å². The zero-order valence-electron chi connectivity index (χ0n) is 32.8. The van der Waals surface area contributed by atoms with E-state index >= 15 is 0 Å². The molecule has 0 fully saturated rings. The van der Waals surface area contributed by atoms with Gasteiger partial charge in [-0.15, -0.1) is 0 Å². The molecule has 0 amide bonds. The number of halogens is 2. The fourth-order valence-corrected chi connectivity index (χ4v) is 6.79. The van der Waals surface area contributed by atoms with Crippen molar-refractivity contribution in [2.75, 3.05) is 60.4 Å². The zero-order chi connectivity index (χ0) is 41.4. The lowest BCUT2D eigenvalue weighted by Gasteiger charge is -2.31. The molecule has 2 aromatic rings. The van der Waals surface area contributed by atoms with Crippen LogP contribution in [0.5, 0.6) is 0 Å². The lowest BCUT2D eigenvalue weighted by Crippen LogP contribution is -2.35. The highest BCUT2D eigenvalue weighted by molar-refractivity contribution is 6.32. The molecule has 0 spiro atoms. The monoisotopic (exact) mass is 815 g/mol. The Labute approximate surface area is 338 Å². The number of allylic oxidation sites excluding steroid dienone is 2. The van der Waals surface area contributed by atoms with Gasteiger partial charge in [0, 0.05) is 34.6 Å². The van der Waals surface area contributed by atoms with E-state index in [0.717, 1.165) is 6.42 Å². The quantitative estimate of drug-likeness (QED) is 0.103. The number of benzene rings is 2. The van der Waals surface area contributed by atoms with Crippen molar-refractivity contribution >= 4 is 47.1 Å². The van der Waals surface area contributed by atoms with Gasteiger partial charge in [-0.2, -0.15) is 0 Å². The molecule has 0 aliphatic carbocycles. The number of nitrogens with one attached hydrogen (secondary N) is 2. The SMILES string of the molecule is CCCOCC1=C(C(=O)OCC)C(c2ccccc2Cl)C(C(=O)OC)=C(C)N1.CCOC(=O)C1=C(COCCN)NC(C)=C(C(=O)OC)C1c1ccccc1Cl. The minimum atomic E-state index is -0.752. The van der Waals surface area contributed by atoms with Crippen LogP contribution in [0.1, 0.15) is 64.0 Å². The van der Waals surface area contributed by atoms with Crippen molar-refractivity contribution in [3.05, 3.63) is 115 Å². The Bertz CT molecular complexity index is 1740. The number of rotatable bonds is 16. The molecule has 56 heavy (non-hydrogen) atoms. The maximum atomic E-state index is 12.9. The summed E-state index contributed by atoms with van der Waals surface area (Å²) in [6.45, 7) is 10.9. The van der Waals surface area contributed by atoms with Crippen LogP contribution in [0.25, 0.3) is 0 Å². The van der Waals surface area contributed by atoms with Crippen LogP contribution >= 0.6 is 23.2 Å². The third kappa shape index (κ3) is 11.2. The Hall–Kier alpha value is -4.66. The highest BCUT2D eigenvalue weighted by atomic mass is 35.5. The Morgan fingerprint density at radius 2 is 1.02 bits per heavy atom. The molecule has 0 saturated carbocycles. The number of carbonyl (C=O) groups is 4. The number of hydrogen-bond acceptors (Lipinski definition) is 13. The molecule has 2 unspecified atom stereocenters. The predicted octanol–water partition coefficient (Wildman–Crippen LogP) is 5.98. The lowest BCUT2D eigenvalue weighted by molar-refractivity contribution is -0.140. The standard InChI is InChI=1S/C21H26ClNO5.C20H25ClN2O5/c1-5-11-27-12-16-19(21(25)28-6-2)18(14-9-7-8-10-15(14)22)17(13(3)23-16)20(24)26-4;1-4-28-20(25)18-15(11-27-10-9-22)23-12(2)16(19(24)26-3)17(18)13-7-5-6-8-14(13)21/h7-10,18,23H,5-6,11-12H2,1-4H3;5-8,17,23H,4,9-11,22H2,1-3H3. The van der Waals surface area contributed by atoms with E-state index < -0.39 is 35.7 Å². The molecule has 15 heteroatoms. The highest BCUT2D eigenvalue weighted by Crippen LogP contribution is 2.43. The summed E-state index contributed by atoms with van der Waals surface area (Å²) in [5.41, 5.74) is 10.1. The average Bonchev–Trinajstić information content (AvgIpc) is 3.18. The molecule has 2 aliphatic rings. The Morgan fingerprint density at radius 3 is 1.36 bits per heavy atom. The van der Waals surface area contributed by atoms with Crippen LogP contribution in [0.3, 0.4) is 0 Å². The molecule has 13 nitrogen and oxygen atoms in total. The minimum absolute atomic E-state index is 0.109. The summed E-state index contributed by atoms with van der Waals surface area (Å²) in [7, 11) is 2.60. The summed E-state index contributed by atoms with van der Waals surface area (Å²) >= 11 is 12.9. The number of ether oxygens (including phenoxy) is 6. The smallest absolute Gasteiger partial charge is 0.336 e. The summed E-state index contributed by atoms with van der Waals surface area (Å²) in [5, 5.41) is 7.10. The van der Waals surface area contributed by atoms with Crippen LogP contribution < -0.4 is 16.4 Å². The molecule has 4 rings (SSSR count). The molecule has 2 heterocycles. The molecule has 2 aromatic carbocycles. The van der Waals surface area contributed by atoms with Crippen LogP contribution in [-0.4, -0.2) is 84.3 Å². The van der Waals surface area contributed by atoms with Crippen molar-refractivity contribution < 1.29 is 47.6 Å². The largest absolute Gasteiger partial charge is 0.466 e. The lowest BCUT2D eigenvalue weighted by atomic mass is 9.80. The summed E-state index contributed by atoms with van der Waals surface area (Å²) < 4.78 is 31.7. The van der Waals surface area contributed by atoms with Crippen molar-refractivity contribution in [2.45, 2.75) is 52.9 Å². The van der Waals surface area contributed by atoms with Gasteiger partial charge in [-0.05, 0) is 57.4 Å². The summed E-state index contributed by atoms with van der Waals surface area (Å²) in [4.78, 5) is 51.0. The van der Waals surface area contributed by atoms with Crippen LogP contribution in [0.4, 0.5) is 0 Å². The van der Waals surface area contributed by atoms with Crippen molar-refractivity contribution in [3.8, 4) is 0 Å². The maximum absolute atomic E-state index is 12.9. The van der Waals surface area contributed by atoms with Crippen molar-refractivity contribution in [3.63, 3.8) is 0 Å². The van der Waals surface area contributed by atoms with Crippen molar-refractivity contribution in [1.29, 1.82) is 0 Å². The molecule has 0 bridgehead atoms. The van der Waals surface area contributed by atoms with Gasteiger partial charge < -0.3 is 44.8 Å². The first kappa shape index (κ1) is 45.7. The number of esters is 4. The van der Waals surface area contributed by atoms with Gasteiger partial charge in [0.2, 0.25) is 0 Å². The van der Waals surface area contributed by atoms with Crippen LogP contribution in [-0.2, 0) is 47.6 Å². The van der Waals surface area contributed by atoms with E-state index in [9.17, 15) is 19.2 Å². The van der Waals surface area contributed by atoms with Gasteiger partial charge in [0.15, 0.2) is 0 Å². The van der Waals surface area contributed by atoms with E-state index in [1.807, 2.05) is 13.0 Å². The van der Waals surface area contributed by atoms with Crippen LogP contribution in [0.2, 0.25) is 10.0 Å². The number of hydrogen-bond donors (Lipinski definition) is 3. The molecule has 2 aliphatic heterocycles. The van der Waals surface area contributed by atoms with Crippen molar-refractivity contribution in [2.24, 2.45) is 5.73 Å². The maximum Gasteiger partial charge on any atom is 0.336 e. The van der Waals surface area contributed by atoms with Gasteiger partial charge in [-0.3, -0.25) is 0 Å². The summed E-state index contributed by atoms with van der Waals surface area (Å²) in [6.07, 6.45) is 0.845. The van der Waals surface area contributed by atoms with E-state index in [4.69, 9.17) is 57.4 Å². The Kier molecular flexibility index (Phi) is 18.6. The average molecular weight is 817 g/mol. The van der Waals surface area contributed by atoms with E-state index in [2.05, 4.69) is 10.6 Å². The molecule has 0 radical (unpaired) electrons. The van der Waals surface area contributed by atoms with Crippen molar-refractivity contribution in [1.82, 2.24) is 10.6 Å². The number of methoxy groups -OCH3 is 2. The number of nitrogens with two attached hydrogens (primary N) is 1. The highest BCUT2D eigenvalue weighted by Gasteiger charge is 2.41. The molecule has 4 N–H and O–H groups in total. The summed E-state index contributed by atoms with van der Waals surface area (Å²) in [5.74, 6) is -3.65. The third-order valence-electron chi connectivity index (χ3n) is 8.63. The van der Waals surface area contributed by atoms with E-state index in [1.165, 1.54) is 14.2 Å². The van der Waals surface area contributed by atoms with Crippen LogP contribution in [0, 0.1) is 0 Å². The molecule has 304 valence electrons. The van der Waals surface area contributed by atoms with Crippen LogP contribution in [0.15, 0.2) is 93.6 Å². The van der Waals surface area contributed by atoms with Gasteiger partial charge in [0.25, 0.3) is 0 Å². The van der Waals surface area contributed by atoms with E-state index in [1.54, 1.807) is 70.2 Å². The topological polar surface area (TPSA) is 174 Å². The van der Waals surface area contributed by atoms with Gasteiger partial charge in [0.1, 0.15) is 0 Å². The molecule has 2 atom stereocenters. The normalized spacial score (nSPS) is 16.7. The number of dihydropyridines is 2. The zero-order valence-corrected chi connectivity index (χ0v) is 34.4. The van der Waals surface area contributed by atoms with E-state index in [0.29, 0.717) is 80.4 Å². The minimum Gasteiger partial charge on any atom is -0.466 e. The summed E-state index contributed by atoms with van der Waals surface area (Å²) in [6, 6.07) is 14.2. The van der Waals surface area contributed by atoms with Gasteiger partial charge >= 0.3 is 23.9 Å². The first-order valence-electron chi connectivity index (χ1n) is 18.2. The second-order valence-electron chi connectivity index (χ2n) is 12.3. The molecule has 0 saturated heterocycles. The molecule has 0 aromatic heterocycles. The van der Waals surface area contributed by atoms with Gasteiger partial charge in [-0.25, -0.2) is 19.2 Å². The Morgan fingerprint density at radius 1 is 0.625 bits per heavy atom. The third-order valence-corrected chi connectivity index (χ3v) is 9.32. The first-order valence-corrected chi connectivity index (χ1v) is 18.9.